The van der Waals surface area contributed by atoms with Crippen LogP contribution in [-0.4, -0.2) is 50.1 Å². The summed E-state index contributed by atoms with van der Waals surface area (Å²) in [5, 5.41) is 11.3. The van der Waals surface area contributed by atoms with Crippen molar-refractivity contribution in [3.8, 4) is 0 Å². The van der Waals surface area contributed by atoms with Gasteiger partial charge in [0, 0.05) is 25.5 Å². The van der Waals surface area contributed by atoms with Gasteiger partial charge in [-0.3, -0.25) is 14.0 Å². The Morgan fingerprint density at radius 2 is 2.10 bits per heavy atom. The first kappa shape index (κ1) is 19.6. The molecule has 0 radical (unpaired) electrons. The number of aromatic nitrogens is 4. The van der Waals surface area contributed by atoms with Gasteiger partial charge >= 0.3 is 0 Å². The molecule has 1 aliphatic heterocycles. The summed E-state index contributed by atoms with van der Waals surface area (Å²) in [6.07, 6.45) is 5.40. The second-order valence-corrected chi connectivity index (χ2v) is 7.70. The van der Waals surface area contributed by atoms with Crippen LogP contribution in [0.1, 0.15) is 18.4 Å². The summed E-state index contributed by atoms with van der Waals surface area (Å²) in [5.74, 6) is -0.269. The molecule has 8 nitrogen and oxygen atoms in total. The molecule has 0 aliphatic carbocycles. The fraction of sp³-hybridized carbons (Fsp3) is 0.368. The zero-order valence-electron chi connectivity index (χ0n) is 15.6. The van der Waals surface area contributed by atoms with Crippen molar-refractivity contribution in [2.24, 2.45) is 0 Å². The van der Waals surface area contributed by atoms with E-state index in [-0.39, 0.29) is 34.8 Å². The Morgan fingerprint density at radius 3 is 2.86 bits per heavy atom. The predicted molar refractivity (Wildman–Crippen MR) is 105 cm³/mol. The lowest BCUT2D eigenvalue weighted by Gasteiger charge is -2.10. The van der Waals surface area contributed by atoms with Gasteiger partial charge in [-0.2, -0.15) is 0 Å². The Kier molecular flexibility index (Phi) is 5.91. The Balaban J connectivity index is 1.40. The number of halogens is 1. The van der Waals surface area contributed by atoms with Crippen LogP contribution in [0.25, 0.3) is 5.65 Å². The van der Waals surface area contributed by atoms with E-state index in [1.54, 1.807) is 28.9 Å². The lowest BCUT2D eigenvalue weighted by molar-refractivity contribution is -0.119. The molecule has 1 fully saturated rings. The number of nitrogens with zero attached hydrogens (tertiary/aromatic N) is 4. The molecule has 1 saturated heterocycles. The molecule has 1 aliphatic rings. The number of benzene rings is 1. The monoisotopic (exact) mass is 417 g/mol. The van der Waals surface area contributed by atoms with E-state index in [2.05, 4.69) is 15.5 Å². The smallest absolute Gasteiger partial charge is 0.296 e. The van der Waals surface area contributed by atoms with E-state index < -0.39 is 0 Å². The largest absolute Gasteiger partial charge is 0.376 e. The van der Waals surface area contributed by atoms with Gasteiger partial charge in [0.05, 0.1) is 18.4 Å². The average molecular weight is 417 g/mol. The van der Waals surface area contributed by atoms with Gasteiger partial charge < -0.3 is 14.6 Å². The van der Waals surface area contributed by atoms with Crippen LogP contribution >= 0.6 is 11.8 Å². The maximum atomic E-state index is 13.0. The third-order valence-corrected chi connectivity index (χ3v) is 5.60. The second kappa shape index (κ2) is 8.75. The molecule has 1 aromatic carbocycles. The Morgan fingerprint density at radius 1 is 1.28 bits per heavy atom. The molecular weight excluding hydrogens is 397 g/mol. The van der Waals surface area contributed by atoms with Crippen LogP contribution in [0.5, 0.6) is 0 Å². The van der Waals surface area contributed by atoms with Crippen molar-refractivity contribution in [1.82, 2.24) is 24.5 Å². The number of hydrogen-bond donors (Lipinski definition) is 1. The number of carbonyl (C=O) groups is 1. The number of thioether (sulfide) groups is 1. The van der Waals surface area contributed by atoms with E-state index in [9.17, 15) is 14.0 Å². The lowest BCUT2D eigenvalue weighted by Crippen LogP contribution is -2.32. The lowest BCUT2D eigenvalue weighted by atomic mass is 10.2. The van der Waals surface area contributed by atoms with Crippen molar-refractivity contribution >= 4 is 23.3 Å². The molecule has 0 bridgehead atoms. The first-order chi connectivity index (χ1) is 14.1. The summed E-state index contributed by atoms with van der Waals surface area (Å²) in [6.45, 7) is 1.56. The minimum atomic E-state index is -0.324. The number of hydrogen-bond acceptors (Lipinski definition) is 6. The normalized spacial score (nSPS) is 16.4. The van der Waals surface area contributed by atoms with Crippen LogP contribution in [0, 0.1) is 5.82 Å². The number of rotatable bonds is 7. The fourth-order valence-electron chi connectivity index (χ4n) is 3.12. The minimum Gasteiger partial charge on any atom is -0.376 e. The summed E-state index contributed by atoms with van der Waals surface area (Å²) in [7, 11) is 0. The molecule has 29 heavy (non-hydrogen) atoms. The van der Waals surface area contributed by atoms with Crippen LogP contribution in [0.2, 0.25) is 0 Å². The topological polar surface area (TPSA) is 90.5 Å². The van der Waals surface area contributed by atoms with E-state index in [4.69, 9.17) is 4.74 Å². The molecule has 10 heteroatoms. The van der Waals surface area contributed by atoms with Gasteiger partial charge in [-0.15, -0.1) is 10.2 Å². The standard InChI is InChI=1S/C19H20FN5O3S/c20-14-5-3-13(4-6-14)11-24-7-8-25-17(18(24)27)22-23-19(25)29-12-16(26)21-10-15-2-1-9-28-15/h3-8,15H,1-2,9-12H2,(H,21,26)/t15-/m1/s1. The highest BCUT2D eigenvalue weighted by Crippen LogP contribution is 2.16. The number of amides is 1. The highest BCUT2D eigenvalue weighted by atomic mass is 32.2. The molecular formula is C19H20FN5O3S. The summed E-state index contributed by atoms with van der Waals surface area (Å²) >= 11 is 1.21. The first-order valence-corrected chi connectivity index (χ1v) is 10.3. The Labute approximate surface area is 170 Å². The number of carbonyl (C=O) groups excluding carboxylic acids is 1. The van der Waals surface area contributed by atoms with E-state index in [1.807, 2.05) is 0 Å². The van der Waals surface area contributed by atoms with Crippen LogP contribution in [0.15, 0.2) is 46.6 Å². The van der Waals surface area contributed by atoms with Crippen LogP contribution in [0.4, 0.5) is 4.39 Å². The molecule has 1 atom stereocenters. The maximum Gasteiger partial charge on any atom is 0.296 e. The highest BCUT2D eigenvalue weighted by Gasteiger charge is 2.17. The fourth-order valence-corrected chi connectivity index (χ4v) is 3.87. The predicted octanol–water partition coefficient (Wildman–Crippen LogP) is 1.47. The van der Waals surface area contributed by atoms with Crippen LogP contribution in [0.3, 0.4) is 0 Å². The van der Waals surface area contributed by atoms with E-state index >= 15 is 0 Å². The summed E-state index contributed by atoms with van der Waals surface area (Å²) in [5.41, 5.74) is 0.672. The third-order valence-electron chi connectivity index (χ3n) is 4.66. The molecule has 1 N–H and O–H groups in total. The van der Waals surface area contributed by atoms with Crippen molar-refractivity contribution in [2.45, 2.75) is 30.6 Å². The molecule has 2 aromatic heterocycles. The molecule has 3 aromatic rings. The zero-order chi connectivity index (χ0) is 20.2. The molecule has 0 saturated carbocycles. The van der Waals surface area contributed by atoms with Gasteiger partial charge in [0.15, 0.2) is 5.16 Å². The van der Waals surface area contributed by atoms with E-state index in [0.29, 0.717) is 18.2 Å². The van der Waals surface area contributed by atoms with Crippen molar-refractivity contribution in [1.29, 1.82) is 0 Å². The number of nitrogens with one attached hydrogen (secondary N) is 1. The van der Waals surface area contributed by atoms with Crippen molar-refractivity contribution in [3.05, 3.63) is 58.4 Å². The average Bonchev–Trinajstić information content (AvgIpc) is 3.38. The number of fused-ring (bicyclic) bond motifs is 1. The maximum absolute atomic E-state index is 13.0. The Hall–Kier alpha value is -2.72. The van der Waals surface area contributed by atoms with Crippen molar-refractivity contribution in [2.75, 3.05) is 18.9 Å². The van der Waals surface area contributed by atoms with Gasteiger partial charge in [-0.1, -0.05) is 23.9 Å². The molecule has 0 unspecified atom stereocenters. The summed E-state index contributed by atoms with van der Waals surface area (Å²) < 4.78 is 21.6. The van der Waals surface area contributed by atoms with Crippen molar-refractivity contribution < 1.29 is 13.9 Å². The van der Waals surface area contributed by atoms with Crippen LogP contribution < -0.4 is 10.9 Å². The van der Waals surface area contributed by atoms with Crippen molar-refractivity contribution in [3.63, 3.8) is 0 Å². The van der Waals surface area contributed by atoms with Gasteiger partial charge in [-0.25, -0.2) is 4.39 Å². The minimum absolute atomic E-state index is 0.0949. The number of ether oxygens (including phenoxy) is 1. The molecule has 0 spiro atoms. The third kappa shape index (κ3) is 4.65. The van der Waals surface area contributed by atoms with E-state index in [0.717, 1.165) is 25.0 Å². The molecule has 1 amide bonds. The van der Waals surface area contributed by atoms with Gasteiger partial charge in [0.25, 0.3) is 5.56 Å². The van der Waals surface area contributed by atoms with Gasteiger partial charge in [0.2, 0.25) is 11.6 Å². The summed E-state index contributed by atoms with van der Waals surface area (Å²) in [6, 6.07) is 5.97. The van der Waals surface area contributed by atoms with Gasteiger partial charge in [0.1, 0.15) is 5.82 Å². The first-order valence-electron chi connectivity index (χ1n) is 9.30. The molecule has 3 heterocycles. The second-order valence-electron chi connectivity index (χ2n) is 6.76. The highest BCUT2D eigenvalue weighted by molar-refractivity contribution is 7.99. The van der Waals surface area contributed by atoms with Crippen LogP contribution in [-0.2, 0) is 16.1 Å². The zero-order valence-corrected chi connectivity index (χ0v) is 16.4. The van der Waals surface area contributed by atoms with E-state index in [1.165, 1.54) is 28.5 Å². The quantitative estimate of drug-likeness (QED) is 0.586. The molecule has 4 rings (SSSR count). The molecule has 152 valence electrons. The Bertz CT molecular complexity index is 1060. The SMILES string of the molecule is O=C(CSc1nnc2c(=O)n(Cc3ccc(F)cc3)ccn12)NC[C@H]1CCCO1. The summed E-state index contributed by atoms with van der Waals surface area (Å²) in [4.78, 5) is 24.7. The van der Waals surface area contributed by atoms with Gasteiger partial charge in [-0.05, 0) is 30.5 Å².